The Labute approximate surface area is 334 Å². The average molecular weight is 776 g/mol. The Morgan fingerprint density at radius 1 is 0.632 bits per heavy atom. The molecule has 0 saturated carbocycles. The summed E-state index contributed by atoms with van der Waals surface area (Å²) in [6, 6.07) is 32.3. The monoisotopic (exact) mass is 775 g/mol. The first-order chi connectivity index (χ1) is 27.4. The van der Waals surface area contributed by atoms with Gasteiger partial charge in [0.2, 0.25) is 11.8 Å². The zero-order chi connectivity index (χ0) is 40.6. The van der Waals surface area contributed by atoms with Gasteiger partial charge >= 0.3 is 12.2 Å². The number of unbranched alkanes of at least 4 members (excludes halogenated alkanes) is 2. The van der Waals surface area contributed by atoms with Crippen LogP contribution in [-0.4, -0.2) is 54.7 Å². The molecule has 300 valence electrons. The Morgan fingerprint density at radius 2 is 1.26 bits per heavy atom. The van der Waals surface area contributed by atoms with E-state index in [9.17, 15) is 24.0 Å². The normalized spacial score (nSPS) is 12.3. The van der Waals surface area contributed by atoms with E-state index in [1.807, 2.05) is 78.9 Å². The molecule has 0 saturated heterocycles. The van der Waals surface area contributed by atoms with Gasteiger partial charge in [-0.05, 0) is 79.0 Å². The zero-order valence-corrected chi connectivity index (χ0v) is 32.9. The van der Waals surface area contributed by atoms with Gasteiger partial charge in [-0.3, -0.25) is 25.2 Å². The van der Waals surface area contributed by atoms with E-state index < -0.39 is 29.7 Å². The first kappa shape index (κ1) is 42.0. The number of hydrogen-bond acceptors (Lipinski definition) is 7. The number of hydrazine groups is 1. The highest BCUT2D eigenvalue weighted by atomic mass is 16.6. The highest BCUT2D eigenvalue weighted by molar-refractivity contribution is 5.88. The van der Waals surface area contributed by atoms with Crippen LogP contribution in [0.1, 0.15) is 86.6 Å². The standard InChI is InChI=1S/C45H53N5O7/c1-45(2,3)57-44(55)48-39(28-32-14-6-4-7-15-32)42(53)50-49-41(52)26-25-31-21-23-33(24-22-31)29-47-40(51)20-8-5-13-27-46-43(54)56-30-38-36-18-11-9-16-34(36)35-17-10-12-19-37(35)38/h4,6-7,9-12,14-19,21-24,38-39H,5,8,13,20,25-30H2,1-3H3,(H,46,54)(H,47,51)(H,48,55)(H,49,52)(H,50,53)/t39-/m1/s1. The molecule has 4 aromatic rings. The lowest BCUT2D eigenvalue weighted by molar-refractivity contribution is -0.130. The molecule has 12 heteroatoms. The van der Waals surface area contributed by atoms with E-state index in [-0.39, 0.29) is 37.2 Å². The predicted molar refractivity (Wildman–Crippen MR) is 218 cm³/mol. The lowest BCUT2D eigenvalue weighted by atomic mass is 9.98. The maximum atomic E-state index is 13.0. The molecule has 0 heterocycles. The van der Waals surface area contributed by atoms with E-state index in [1.165, 1.54) is 22.3 Å². The fraction of sp³-hybridized carbons (Fsp3) is 0.356. The van der Waals surface area contributed by atoms with Crippen LogP contribution in [0.5, 0.6) is 0 Å². The van der Waals surface area contributed by atoms with Gasteiger partial charge in [-0.15, -0.1) is 0 Å². The summed E-state index contributed by atoms with van der Waals surface area (Å²) in [7, 11) is 0. The number of carbonyl (C=O) groups excluding carboxylic acids is 5. The molecular weight excluding hydrogens is 723 g/mol. The van der Waals surface area contributed by atoms with Crippen LogP contribution >= 0.6 is 0 Å². The largest absolute Gasteiger partial charge is 0.449 e. The van der Waals surface area contributed by atoms with Gasteiger partial charge in [0.25, 0.3) is 5.91 Å². The van der Waals surface area contributed by atoms with Crippen molar-refractivity contribution in [1.82, 2.24) is 26.8 Å². The summed E-state index contributed by atoms with van der Waals surface area (Å²) in [6.07, 6.45) is 2.22. The van der Waals surface area contributed by atoms with E-state index in [4.69, 9.17) is 9.47 Å². The number of aryl methyl sites for hydroxylation is 1. The summed E-state index contributed by atoms with van der Waals surface area (Å²) in [5.41, 5.74) is 11.5. The molecule has 0 radical (unpaired) electrons. The second-order valence-electron chi connectivity index (χ2n) is 15.1. The molecule has 5 amide bonds. The second kappa shape index (κ2) is 20.7. The van der Waals surface area contributed by atoms with Crippen LogP contribution in [0.15, 0.2) is 103 Å². The smallest absolute Gasteiger partial charge is 0.408 e. The number of benzene rings is 4. The van der Waals surface area contributed by atoms with Crippen LogP contribution in [0.25, 0.3) is 11.1 Å². The minimum Gasteiger partial charge on any atom is -0.449 e. The van der Waals surface area contributed by atoms with Crippen LogP contribution in [0, 0.1) is 0 Å². The first-order valence-electron chi connectivity index (χ1n) is 19.5. The van der Waals surface area contributed by atoms with Gasteiger partial charge in [-0.25, -0.2) is 9.59 Å². The summed E-state index contributed by atoms with van der Waals surface area (Å²) in [5, 5.41) is 8.36. The average Bonchev–Trinajstić information content (AvgIpc) is 3.52. The van der Waals surface area contributed by atoms with Gasteiger partial charge in [0.1, 0.15) is 18.2 Å². The molecule has 0 bridgehead atoms. The van der Waals surface area contributed by atoms with Gasteiger partial charge < -0.3 is 25.4 Å². The molecule has 0 fully saturated rings. The summed E-state index contributed by atoms with van der Waals surface area (Å²) >= 11 is 0. The van der Waals surface area contributed by atoms with Crippen molar-refractivity contribution in [2.75, 3.05) is 13.2 Å². The fourth-order valence-electron chi connectivity index (χ4n) is 6.59. The van der Waals surface area contributed by atoms with Crippen molar-refractivity contribution >= 4 is 29.9 Å². The summed E-state index contributed by atoms with van der Waals surface area (Å²) in [6.45, 7) is 6.33. The van der Waals surface area contributed by atoms with E-state index in [0.29, 0.717) is 32.4 Å². The molecule has 0 aromatic heterocycles. The molecule has 57 heavy (non-hydrogen) atoms. The van der Waals surface area contributed by atoms with E-state index in [1.54, 1.807) is 20.8 Å². The Bertz CT molecular complexity index is 1930. The maximum absolute atomic E-state index is 13.0. The van der Waals surface area contributed by atoms with Gasteiger partial charge in [0, 0.05) is 38.3 Å². The zero-order valence-electron chi connectivity index (χ0n) is 32.9. The van der Waals surface area contributed by atoms with Crippen molar-refractivity contribution in [3.8, 4) is 11.1 Å². The van der Waals surface area contributed by atoms with Crippen molar-refractivity contribution < 1.29 is 33.4 Å². The predicted octanol–water partition coefficient (Wildman–Crippen LogP) is 6.62. The highest BCUT2D eigenvalue weighted by Gasteiger charge is 2.29. The van der Waals surface area contributed by atoms with Gasteiger partial charge in [-0.2, -0.15) is 0 Å². The van der Waals surface area contributed by atoms with Crippen molar-refractivity contribution in [1.29, 1.82) is 0 Å². The summed E-state index contributed by atoms with van der Waals surface area (Å²) in [5.74, 6) is -0.991. The molecule has 0 spiro atoms. The highest BCUT2D eigenvalue weighted by Crippen LogP contribution is 2.44. The number of nitrogens with one attached hydrogen (secondary N) is 5. The number of carbonyl (C=O) groups is 5. The van der Waals surface area contributed by atoms with Gasteiger partial charge in [-0.1, -0.05) is 110 Å². The van der Waals surface area contributed by atoms with E-state index in [2.05, 4.69) is 51.1 Å². The summed E-state index contributed by atoms with van der Waals surface area (Å²) < 4.78 is 10.9. The quantitative estimate of drug-likeness (QED) is 0.0595. The lowest BCUT2D eigenvalue weighted by Gasteiger charge is -2.23. The molecule has 5 rings (SSSR count). The number of amides is 5. The summed E-state index contributed by atoms with van der Waals surface area (Å²) in [4.78, 5) is 62.8. The van der Waals surface area contributed by atoms with E-state index >= 15 is 0 Å². The van der Waals surface area contributed by atoms with E-state index in [0.717, 1.165) is 29.5 Å². The first-order valence-corrected chi connectivity index (χ1v) is 19.5. The van der Waals surface area contributed by atoms with Crippen LogP contribution in [0.2, 0.25) is 0 Å². The third kappa shape index (κ3) is 13.5. The maximum Gasteiger partial charge on any atom is 0.408 e. The molecular formula is C45H53N5O7. The SMILES string of the molecule is CC(C)(C)OC(=O)N[C@H](Cc1ccccc1)C(=O)NNC(=O)CCc1ccc(CNC(=O)CCCCCNC(=O)OCC2c3ccccc3-c3ccccc32)cc1. The molecule has 0 unspecified atom stereocenters. The Hall–Kier alpha value is -6.17. The Kier molecular flexibility index (Phi) is 15.2. The molecule has 5 N–H and O–H groups in total. The van der Waals surface area contributed by atoms with Crippen molar-refractivity contribution in [2.24, 2.45) is 0 Å². The molecule has 4 aromatic carbocycles. The molecule has 0 aliphatic heterocycles. The molecule has 12 nitrogen and oxygen atoms in total. The minimum atomic E-state index is -0.971. The fourth-order valence-corrected chi connectivity index (χ4v) is 6.59. The van der Waals surface area contributed by atoms with Crippen LogP contribution in [0.3, 0.4) is 0 Å². The van der Waals surface area contributed by atoms with Gasteiger partial charge in [0.05, 0.1) is 0 Å². The second-order valence-corrected chi connectivity index (χ2v) is 15.1. The minimum absolute atomic E-state index is 0.0177. The van der Waals surface area contributed by atoms with Crippen LogP contribution in [-0.2, 0) is 43.2 Å². The third-order valence-electron chi connectivity index (χ3n) is 9.46. The Balaban J connectivity index is 0.921. The topological polar surface area (TPSA) is 164 Å². The molecule has 1 aliphatic carbocycles. The van der Waals surface area contributed by atoms with Crippen LogP contribution < -0.4 is 26.8 Å². The van der Waals surface area contributed by atoms with Crippen molar-refractivity contribution in [3.05, 3.63) is 131 Å². The third-order valence-corrected chi connectivity index (χ3v) is 9.46. The number of alkyl carbamates (subject to hydrolysis) is 2. The lowest BCUT2D eigenvalue weighted by Crippen LogP contribution is -2.53. The van der Waals surface area contributed by atoms with Gasteiger partial charge in [0.15, 0.2) is 0 Å². The molecule has 1 aliphatic rings. The van der Waals surface area contributed by atoms with Crippen molar-refractivity contribution in [2.45, 2.75) is 89.8 Å². The number of fused-ring (bicyclic) bond motifs is 3. The van der Waals surface area contributed by atoms with Crippen LogP contribution in [0.4, 0.5) is 9.59 Å². The van der Waals surface area contributed by atoms with Crippen molar-refractivity contribution in [3.63, 3.8) is 0 Å². The number of ether oxygens (including phenoxy) is 2. The Morgan fingerprint density at radius 3 is 1.93 bits per heavy atom. The molecule has 1 atom stereocenters. The number of hydrogen-bond donors (Lipinski definition) is 5. The number of rotatable bonds is 17.